The van der Waals surface area contributed by atoms with Gasteiger partial charge in [-0.15, -0.1) is 0 Å². The molecule has 2 aromatic rings. The van der Waals surface area contributed by atoms with Crippen molar-refractivity contribution in [2.24, 2.45) is 5.92 Å². The van der Waals surface area contributed by atoms with Crippen LogP contribution in [0, 0.1) is 18.7 Å². The Morgan fingerprint density at radius 2 is 1.59 bits per heavy atom. The minimum absolute atomic E-state index is 0.103. The molecule has 0 radical (unpaired) electrons. The first-order valence-electron chi connectivity index (χ1n) is 9.56. The second kappa shape index (κ2) is 8.86. The Kier molecular flexibility index (Phi) is 6.26. The number of carbonyl (C=O) groups is 3. The SMILES string of the molecule is Cc1cccc(C(=O)NC2CCC(C(=O)O)CC2)c1NC(=O)c1ccccc1F. The second-order valence-electron chi connectivity index (χ2n) is 7.29. The molecule has 2 aromatic carbocycles. The van der Waals surface area contributed by atoms with Gasteiger partial charge in [0, 0.05) is 6.04 Å². The van der Waals surface area contributed by atoms with E-state index in [1.807, 2.05) is 0 Å². The van der Waals surface area contributed by atoms with Crippen molar-refractivity contribution < 1.29 is 23.9 Å². The van der Waals surface area contributed by atoms with Gasteiger partial charge >= 0.3 is 5.97 Å². The van der Waals surface area contributed by atoms with Crippen molar-refractivity contribution in [3.8, 4) is 0 Å². The molecule has 1 aliphatic rings. The Morgan fingerprint density at radius 1 is 0.931 bits per heavy atom. The molecule has 0 atom stereocenters. The van der Waals surface area contributed by atoms with Crippen LogP contribution < -0.4 is 10.6 Å². The highest BCUT2D eigenvalue weighted by molar-refractivity contribution is 6.09. The molecular formula is C22H23FN2O4. The fraction of sp³-hybridized carbons (Fsp3) is 0.318. The third-order valence-corrected chi connectivity index (χ3v) is 5.29. The molecule has 6 nitrogen and oxygen atoms in total. The number of hydrogen-bond acceptors (Lipinski definition) is 3. The summed E-state index contributed by atoms with van der Waals surface area (Å²) < 4.78 is 13.9. The van der Waals surface area contributed by atoms with Crippen molar-refractivity contribution in [2.75, 3.05) is 5.32 Å². The van der Waals surface area contributed by atoms with Crippen LogP contribution in [0.4, 0.5) is 10.1 Å². The molecule has 3 rings (SSSR count). The highest BCUT2D eigenvalue weighted by Crippen LogP contribution is 2.26. The number of benzene rings is 2. The molecule has 0 unspecified atom stereocenters. The van der Waals surface area contributed by atoms with Crippen LogP contribution in [0.1, 0.15) is 52.0 Å². The topological polar surface area (TPSA) is 95.5 Å². The van der Waals surface area contributed by atoms with Crippen LogP contribution in [-0.4, -0.2) is 28.9 Å². The normalized spacial score (nSPS) is 18.7. The Balaban J connectivity index is 1.74. The molecule has 3 N–H and O–H groups in total. The molecule has 0 heterocycles. The van der Waals surface area contributed by atoms with Gasteiger partial charge in [-0.05, 0) is 56.4 Å². The summed E-state index contributed by atoms with van der Waals surface area (Å²) in [6.45, 7) is 1.76. The van der Waals surface area contributed by atoms with E-state index in [1.165, 1.54) is 18.2 Å². The monoisotopic (exact) mass is 398 g/mol. The fourth-order valence-corrected chi connectivity index (χ4v) is 3.60. The molecular weight excluding hydrogens is 375 g/mol. The predicted molar refractivity (Wildman–Crippen MR) is 106 cm³/mol. The summed E-state index contributed by atoms with van der Waals surface area (Å²) in [7, 11) is 0. The summed E-state index contributed by atoms with van der Waals surface area (Å²) in [5.41, 5.74) is 1.19. The first-order valence-corrected chi connectivity index (χ1v) is 9.56. The van der Waals surface area contributed by atoms with Gasteiger partial charge in [-0.25, -0.2) is 4.39 Å². The van der Waals surface area contributed by atoms with Crippen molar-refractivity contribution in [2.45, 2.75) is 38.6 Å². The van der Waals surface area contributed by atoms with Crippen molar-refractivity contribution in [3.05, 3.63) is 65.0 Å². The van der Waals surface area contributed by atoms with E-state index in [4.69, 9.17) is 5.11 Å². The number of hydrogen-bond donors (Lipinski definition) is 3. The smallest absolute Gasteiger partial charge is 0.306 e. The summed E-state index contributed by atoms with van der Waals surface area (Å²) in [6, 6.07) is 10.6. The highest BCUT2D eigenvalue weighted by Gasteiger charge is 2.27. The van der Waals surface area contributed by atoms with E-state index in [-0.39, 0.29) is 29.0 Å². The summed E-state index contributed by atoms with van der Waals surface area (Å²) >= 11 is 0. The Morgan fingerprint density at radius 3 is 2.24 bits per heavy atom. The molecule has 7 heteroatoms. The minimum atomic E-state index is -0.799. The molecule has 0 spiro atoms. The Hall–Kier alpha value is -3.22. The predicted octanol–water partition coefficient (Wildman–Crippen LogP) is 3.76. The average Bonchev–Trinajstić information content (AvgIpc) is 2.70. The lowest BCUT2D eigenvalue weighted by Crippen LogP contribution is -2.39. The van der Waals surface area contributed by atoms with Crippen LogP contribution in [0.3, 0.4) is 0 Å². The molecule has 152 valence electrons. The lowest BCUT2D eigenvalue weighted by atomic mass is 9.86. The molecule has 2 amide bonds. The number of aliphatic carboxylic acids is 1. The third kappa shape index (κ3) is 4.80. The quantitative estimate of drug-likeness (QED) is 0.715. The number of carboxylic acid groups (broad SMARTS) is 1. The zero-order valence-electron chi connectivity index (χ0n) is 16.1. The van der Waals surface area contributed by atoms with E-state index < -0.39 is 17.7 Å². The molecule has 0 bridgehead atoms. The van der Waals surface area contributed by atoms with Crippen LogP contribution >= 0.6 is 0 Å². The molecule has 1 saturated carbocycles. The van der Waals surface area contributed by atoms with Crippen LogP contribution in [0.25, 0.3) is 0 Å². The number of anilines is 1. The third-order valence-electron chi connectivity index (χ3n) is 5.29. The van der Waals surface area contributed by atoms with Crippen LogP contribution in [0.15, 0.2) is 42.5 Å². The van der Waals surface area contributed by atoms with Gasteiger partial charge in [0.15, 0.2) is 0 Å². The summed E-state index contributed by atoms with van der Waals surface area (Å²) in [4.78, 5) is 36.4. The van der Waals surface area contributed by atoms with E-state index >= 15 is 0 Å². The maximum Gasteiger partial charge on any atom is 0.306 e. The maximum atomic E-state index is 13.9. The van der Waals surface area contributed by atoms with Gasteiger partial charge in [0.1, 0.15) is 5.82 Å². The van der Waals surface area contributed by atoms with Crippen molar-refractivity contribution in [3.63, 3.8) is 0 Å². The number of nitrogens with one attached hydrogen (secondary N) is 2. The van der Waals surface area contributed by atoms with Crippen molar-refractivity contribution in [1.29, 1.82) is 0 Å². The summed E-state index contributed by atoms with van der Waals surface area (Å²) in [6.07, 6.45) is 2.22. The van der Waals surface area contributed by atoms with Crippen LogP contribution in [0.2, 0.25) is 0 Å². The first kappa shape index (κ1) is 20.5. The molecule has 0 saturated heterocycles. The van der Waals surface area contributed by atoms with E-state index in [0.717, 1.165) is 0 Å². The minimum Gasteiger partial charge on any atom is -0.481 e. The van der Waals surface area contributed by atoms with E-state index in [1.54, 1.807) is 31.2 Å². The lowest BCUT2D eigenvalue weighted by molar-refractivity contribution is -0.142. The second-order valence-corrected chi connectivity index (χ2v) is 7.29. The maximum absolute atomic E-state index is 13.9. The number of aryl methyl sites for hydroxylation is 1. The molecule has 0 aromatic heterocycles. The van der Waals surface area contributed by atoms with Gasteiger partial charge in [0.05, 0.1) is 22.7 Å². The zero-order chi connectivity index (χ0) is 21.0. The van der Waals surface area contributed by atoms with E-state index in [9.17, 15) is 18.8 Å². The number of amides is 2. The van der Waals surface area contributed by atoms with Crippen LogP contribution in [-0.2, 0) is 4.79 Å². The molecule has 29 heavy (non-hydrogen) atoms. The standard InChI is InChI=1S/C22H23FN2O4/c1-13-5-4-7-17(19(13)25-20(26)16-6-2-3-8-18(16)23)21(27)24-15-11-9-14(10-12-15)22(28)29/h2-8,14-15H,9-12H2,1H3,(H,24,27)(H,25,26)(H,28,29). The van der Waals surface area contributed by atoms with Gasteiger partial charge in [0.25, 0.3) is 11.8 Å². The van der Waals surface area contributed by atoms with Crippen molar-refractivity contribution >= 4 is 23.5 Å². The largest absolute Gasteiger partial charge is 0.481 e. The highest BCUT2D eigenvalue weighted by atomic mass is 19.1. The first-order chi connectivity index (χ1) is 13.9. The molecule has 1 aliphatic carbocycles. The number of halogens is 1. The number of rotatable bonds is 5. The van der Waals surface area contributed by atoms with Gasteiger partial charge < -0.3 is 15.7 Å². The Bertz CT molecular complexity index is 936. The zero-order valence-corrected chi connectivity index (χ0v) is 16.1. The van der Waals surface area contributed by atoms with Crippen molar-refractivity contribution in [1.82, 2.24) is 5.32 Å². The van der Waals surface area contributed by atoms with Gasteiger partial charge in [-0.2, -0.15) is 0 Å². The fourth-order valence-electron chi connectivity index (χ4n) is 3.60. The molecule has 0 aliphatic heterocycles. The van der Waals surface area contributed by atoms with Crippen LogP contribution in [0.5, 0.6) is 0 Å². The summed E-state index contributed by atoms with van der Waals surface area (Å²) in [5.74, 6) is -2.78. The average molecular weight is 398 g/mol. The Labute approximate surface area is 168 Å². The number of carbonyl (C=O) groups excluding carboxylic acids is 2. The van der Waals surface area contributed by atoms with E-state index in [2.05, 4.69) is 10.6 Å². The van der Waals surface area contributed by atoms with Gasteiger partial charge in [-0.3, -0.25) is 14.4 Å². The molecule has 1 fully saturated rings. The van der Waals surface area contributed by atoms with Gasteiger partial charge in [0.2, 0.25) is 0 Å². The summed E-state index contributed by atoms with van der Waals surface area (Å²) in [5, 5.41) is 14.7. The lowest BCUT2D eigenvalue weighted by Gasteiger charge is -2.27. The number of para-hydroxylation sites is 1. The van der Waals surface area contributed by atoms with Gasteiger partial charge in [-0.1, -0.05) is 24.3 Å². The van der Waals surface area contributed by atoms with E-state index in [0.29, 0.717) is 36.9 Å². The number of carboxylic acids is 1.